The van der Waals surface area contributed by atoms with Crippen molar-refractivity contribution in [2.24, 2.45) is 7.05 Å². The molecule has 1 fully saturated rings. The quantitative estimate of drug-likeness (QED) is 0.820. The average molecular weight is 346 g/mol. The van der Waals surface area contributed by atoms with Gasteiger partial charge in [0.25, 0.3) is 5.91 Å². The number of carbonyl (C=O) groups is 1. The summed E-state index contributed by atoms with van der Waals surface area (Å²) in [4.78, 5) is 21.3. The van der Waals surface area contributed by atoms with E-state index in [0.717, 1.165) is 12.2 Å². The number of aryl methyl sites for hydroxylation is 2. The summed E-state index contributed by atoms with van der Waals surface area (Å²) in [5, 5.41) is 8.38. The molecule has 8 heteroatoms. The van der Waals surface area contributed by atoms with Gasteiger partial charge in [-0.1, -0.05) is 25.9 Å². The predicted molar refractivity (Wildman–Crippen MR) is 92.2 cm³/mol. The van der Waals surface area contributed by atoms with Crippen molar-refractivity contribution in [1.82, 2.24) is 29.7 Å². The molecule has 0 N–H and O–H groups in total. The highest BCUT2D eigenvalue weighted by atomic mass is 16.5. The molecule has 0 aromatic carbocycles. The lowest BCUT2D eigenvalue weighted by molar-refractivity contribution is 0.0479. The van der Waals surface area contributed by atoms with E-state index < -0.39 is 0 Å². The molecule has 0 unspecified atom stereocenters. The maximum absolute atomic E-state index is 13.0. The number of rotatable bonds is 2. The first kappa shape index (κ1) is 17.6. The van der Waals surface area contributed by atoms with Gasteiger partial charge < -0.3 is 9.42 Å². The van der Waals surface area contributed by atoms with Crippen LogP contribution in [-0.4, -0.2) is 62.3 Å². The fourth-order valence-electron chi connectivity index (χ4n) is 2.97. The molecule has 1 aliphatic rings. The van der Waals surface area contributed by atoms with Crippen molar-refractivity contribution in [3.63, 3.8) is 0 Å². The van der Waals surface area contributed by atoms with Crippen LogP contribution >= 0.6 is 0 Å². The Kier molecular flexibility index (Phi) is 4.40. The third-order valence-electron chi connectivity index (χ3n) is 4.63. The van der Waals surface area contributed by atoms with Crippen LogP contribution in [0.3, 0.4) is 0 Å². The summed E-state index contributed by atoms with van der Waals surface area (Å²) < 4.78 is 7.00. The van der Waals surface area contributed by atoms with E-state index >= 15 is 0 Å². The second kappa shape index (κ2) is 6.25. The van der Waals surface area contributed by atoms with Crippen molar-refractivity contribution in [2.45, 2.75) is 39.2 Å². The zero-order valence-corrected chi connectivity index (χ0v) is 15.8. The largest absolute Gasteiger partial charge is 0.338 e. The Morgan fingerprint density at radius 1 is 1.28 bits per heavy atom. The number of likely N-dealkylation sites (N-methyl/N-ethyl adjacent to an activating group) is 1. The van der Waals surface area contributed by atoms with Gasteiger partial charge in [0, 0.05) is 32.1 Å². The van der Waals surface area contributed by atoms with Crippen molar-refractivity contribution in [2.75, 3.05) is 26.7 Å². The Bertz CT molecular complexity index is 772. The second-order valence-corrected chi connectivity index (χ2v) is 7.72. The lowest BCUT2D eigenvalue weighted by Crippen LogP contribution is -2.49. The number of hydrogen-bond donors (Lipinski definition) is 0. The molecule has 2 aromatic heterocycles. The topological polar surface area (TPSA) is 80.3 Å². The van der Waals surface area contributed by atoms with Gasteiger partial charge in [-0.3, -0.25) is 14.4 Å². The molecule has 1 atom stereocenters. The number of nitrogens with zero attached hydrogens (tertiary/aromatic N) is 6. The van der Waals surface area contributed by atoms with Crippen molar-refractivity contribution in [3.05, 3.63) is 29.2 Å². The normalized spacial score (nSPS) is 19.4. The number of aromatic nitrogens is 4. The van der Waals surface area contributed by atoms with Gasteiger partial charge in [-0.15, -0.1) is 0 Å². The zero-order chi connectivity index (χ0) is 18.4. The van der Waals surface area contributed by atoms with Gasteiger partial charge in [-0.25, -0.2) is 0 Å². The lowest BCUT2D eigenvalue weighted by atomic mass is 9.92. The third-order valence-corrected chi connectivity index (χ3v) is 4.63. The Hall–Kier alpha value is -2.22. The molecule has 0 saturated carbocycles. The minimum absolute atomic E-state index is 0.0140. The smallest absolute Gasteiger partial charge is 0.272 e. The average Bonchev–Trinajstić information content (AvgIpc) is 3.13. The summed E-state index contributed by atoms with van der Waals surface area (Å²) in [6.07, 6.45) is 0. The van der Waals surface area contributed by atoms with E-state index in [4.69, 9.17) is 4.52 Å². The van der Waals surface area contributed by atoms with E-state index in [2.05, 4.69) is 40.9 Å². The maximum atomic E-state index is 13.0. The third kappa shape index (κ3) is 3.44. The molecule has 25 heavy (non-hydrogen) atoms. The SMILES string of the molecule is Cc1noc([C@H]2CN(C(=O)c3cc(C(C)(C)C)nn3C)CCN2C)n1. The molecule has 1 saturated heterocycles. The van der Waals surface area contributed by atoms with E-state index in [9.17, 15) is 4.79 Å². The first-order chi connectivity index (χ1) is 11.7. The van der Waals surface area contributed by atoms with Crippen LogP contribution in [-0.2, 0) is 12.5 Å². The molecule has 0 bridgehead atoms. The molecule has 1 aliphatic heterocycles. The number of piperazine rings is 1. The number of carbonyl (C=O) groups excluding carboxylic acids is 1. The fraction of sp³-hybridized carbons (Fsp3) is 0.647. The molecule has 3 heterocycles. The molecule has 0 radical (unpaired) electrons. The van der Waals surface area contributed by atoms with E-state index in [0.29, 0.717) is 30.5 Å². The molecular formula is C17H26N6O2. The van der Waals surface area contributed by atoms with Crippen LogP contribution in [0.2, 0.25) is 0 Å². The first-order valence-corrected chi connectivity index (χ1v) is 8.51. The van der Waals surface area contributed by atoms with Gasteiger partial charge in [0.2, 0.25) is 5.89 Å². The monoisotopic (exact) mass is 346 g/mol. The second-order valence-electron chi connectivity index (χ2n) is 7.72. The van der Waals surface area contributed by atoms with Crippen LogP contribution < -0.4 is 0 Å². The lowest BCUT2D eigenvalue weighted by Gasteiger charge is -2.37. The van der Waals surface area contributed by atoms with E-state index in [1.807, 2.05) is 25.1 Å². The highest BCUT2D eigenvalue weighted by Gasteiger charge is 2.33. The maximum Gasteiger partial charge on any atom is 0.272 e. The Labute approximate surface area is 147 Å². The molecule has 3 rings (SSSR count). The number of amides is 1. The molecule has 1 amide bonds. The van der Waals surface area contributed by atoms with Crippen molar-refractivity contribution >= 4 is 5.91 Å². The van der Waals surface area contributed by atoms with Crippen LogP contribution in [0.5, 0.6) is 0 Å². The van der Waals surface area contributed by atoms with E-state index in [1.165, 1.54) is 0 Å². The molecule has 0 spiro atoms. The van der Waals surface area contributed by atoms with E-state index in [1.54, 1.807) is 11.6 Å². The van der Waals surface area contributed by atoms with Crippen LogP contribution in [0.4, 0.5) is 0 Å². The van der Waals surface area contributed by atoms with Crippen LogP contribution in [0, 0.1) is 6.92 Å². The van der Waals surface area contributed by atoms with Gasteiger partial charge in [0.15, 0.2) is 5.82 Å². The van der Waals surface area contributed by atoms with Gasteiger partial charge in [0.1, 0.15) is 11.7 Å². The summed E-state index contributed by atoms with van der Waals surface area (Å²) in [5.74, 6) is 1.14. The number of hydrogen-bond acceptors (Lipinski definition) is 6. The minimum Gasteiger partial charge on any atom is -0.338 e. The highest BCUT2D eigenvalue weighted by Crippen LogP contribution is 2.25. The fourth-order valence-corrected chi connectivity index (χ4v) is 2.97. The van der Waals surface area contributed by atoms with Crippen LogP contribution in [0.1, 0.15) is 54.7 Å². The molecule has 0 aliphatic carbocycles. The Morgan fingerprint density at radius 3 is 2.56 bits per heavy atom. The Morgan fingerprint density at radius 2 is 2.00 bits per heavy atom. The molecular weight excluding hydrogens is 320 g/mol. The van der Waals surface area contributed by atoms with Crippen LogP contribution in [0.15, 0.2) is 10.6 Å². The highest BCUT2D eigenvalue weighted by molar-refractivity contribution is 5.92. The zero-order valence-electron chi connectivity index (χ0n) is 15.8. The summed E-state index contributed by atoms with van der Waals surface area (Å²) in [7, 11) is 3.82. The standard InChI is InChI=1S/C17H26N6O2/c1-11-18-15(25-20-11)13-10-23(8-7-21(13)5)16(24)12-9-14(17(2,3)4)19-22(12)6/h9,13H,7-8,10H2,1-6H3/t13-/m1/s1. The summed E-state index contributed by atoms with van der Waals surface area (Å²) >= 11 is 0. The Balaban J connectivity index is 1.82. The first-order valence-electron chi connectivity index (χ1n) is 8.51. The summed E-state index contributed by atoms with van der Waals surface area (Å²) in [6.45, 7) is 10.0. The van der Waals surface area contributed by atoms with Gasteiger partial charge >= 0.3 is 0 Å². The van der Waals surface area contributed by atoms with E-state index in [-0.39, 0.29) is 17.4 Å². The van der Waals surface area contributed by atoms with Crippen LogP contribution in [0.25, 0.3) is 0 Å². The minimum atomic E-state index is -0.0950. The van der Waals surface area contributed by atoms with Crippen molar-refractivity contribution in [3.8, 4) is 0 Å². The van der Waals surface area contributed by atoms with Gasteiger partial charge in [0.05, 0.1) is 5.69 Å². The molecule has 2 aromatic rings. The summed E-state index contributed by atoms with van der Waals surface area (Å²) in [5.41, 5.74) is 1.42. The van der Waals surface area contributed by atoms with Gasteiger partial charge in [-0.05, 0) is 20.0 Å². The summed E-state index contributed by atoms with van der Waals surface area (Å²) in [6, 6.07) is 1.81. The van der Waals surface area contributed by atoms with Crippen molar-refractivity contribution < 1.29 is 9.32 Å². The molecule has 8 nitrogen and oxygen atoms in total. The molecule has 136 valence electrons. The van der Waals surface area contributed by atoms with Gasteiger partial charge in [-0.2, -0.15) is 10.1 Å². The van der Waals surface area contributed by atoms with Crippen molar-refractivity contribution in [1.29, 1.82) is 0 Å². The predicted octanol–water partition coefficient (Wildman–Crippen LogP) is 1.54.